The molecule has 1 N–H and O–H groups in total. The molecular weight excluding hydrogens is 434 g/mol. The van der Waals surface area contributed by atoms with Crippen LogP contribution in [0.15, 0.2) is 42.5 Å². The van der Waals surface area contributed by atoms with Crippen molar-refractivity contribution in [2.45, 2.75) is 32.4 Å². The molecule has 0 aliphatic carbocycles. The van der Waals surface area contributed by atoms with Crippen LogP contribution < -0.4 is 10.1 Å². The SMILES string of the molecule is COCCOc1ccc2c(C#N)c(-c3ccc(NC(=O)OC4CCOC4)cc3)n(C(C)C)c2c1. The van der Waals surface area contributed by atoms with Crippen molar-refractivity contribution in [2.75, 3.05) is 38.9 Å². The van der Waals surface area contributed by atoms with Crippen molar-refractivity contribution < 1.29 is 23.7 Å². The number of anilines is 1. The Balaban J connectivity index is 1.63. The summed E-state index contributed by atoms with van der Waals surface area (Å²) in [5.41, 5.74) is 3.87. The second-order valence-corrected chi connectivity index (χ2v) is 8.41. The van der Waals surface area contributed by atoms with E-state index in [9.17, 15) is 10.1 Å². The number of rotatable bonds is 8. The van der Waals surface area contributed by atoms with E-state index < -0.39 is 6.09 Å². The largest absolute Gasteiger partial charge is 0.491 e. The van der Waals surface area contributed by atoms with Crippen molar-refractivity contribution >= 4 is 22.7 Å². The molecular formula is C26H29N3O5. The molecule has 1 atom stereocenters. The number of methoxy groups -OCH3 is 1. The fraction of sp³-hybridized carbons (Fsp3) is 0.385. The van der Waals surface area contributed by atoms with Gasteiger partial charge in [0.15, 0.2) is 0 Å². The lowest BCUT2D eigenvalue weighted by molar-refractivity contribution is 0.0932. The topological polar surface area (TPSA) is 94.7 Å². The van der Waals surface area contributed by atoms with E-state index >= 15 is 0 Å². The molecule has 2 heterocycles. The minimum atomic E-state index is -0.502. The van der Waals surface area contributed by atoms with Gasteiger partial charge in [0.1, 0.15) is 24.5 Å². The Morgan fingerprint density at radius 1 is 1.24 bits per heavy atom. The molecule has 0 saturated carbocycles. The number of nitrogens with zero attached hydrogens (tertiary/aromatic N) is 2. The minimum Gasteiger partial charge on any atom is -0.491 e. The van der Waals surface area contributed by atoms with Gasteiger partial charge in [-0.15, -0.1) is 0 Å². The molecule has 34 heavy (non-hydrogen) atoms. The molecule has 1 amide bonds. The number of carbonyl (C=O) groups excluding carboxylic acids is 1. The Bertz CT molecular complexity index is 1190. The predicted molar refractivity (Wildman–Crippen MR) is 129 cm³/mol. The highest BCUT2D eigenvalue weighted by atomic mass is 16.6. The highest BCUT2D eigenvalue weighted by molar-refractivity contribution is 5.95. The molecule has 4 rings (SSSR count). The van der Waals surface area contributed by atoms with E-state index in [0.29, 0.717) is 44.1 Å². The van der Waals surface area contributed by atoms with Crippen molar-refractivity contribution in [3.63, 3.8) is 0 Å². The van der Waals surface area contributed by atoms with E-state index in [1.165, 1.54) is 0 Å². The number of carbonyl (C=O) groups is 1. The molecule has 3 aromatic rings. The number of ether oxygens (including phenoxy) is 4. The van der Waals surface area contributed by atoms with Crippen LogP contribution in [0.4, 0.5) is 10.5 Å². The zero-order valence-electron chi connectivity index (χ0n) is 19.7. The monoisotopic (exact) mass is 463 g/mol. The number of hydrogen-bond donors (Lipinski definition) is 1. The van der Waals surface area contributed by atoms with Gasteiger partial charge in [-0.1, -0.05) is 12.1 Å². The molecule has 0 spiro atoms. The molecule has 1 aliphatic rings. The van der Waals surface area contributed by atoms with Crippen molar-refractivity contribution in [2.24, 2.45) is 0 Å². The lowest BCUT2D eigenvalue weighted by Gasteiger charge is -2.16. The number of nitriles is 1. The van der Waals surface area contributed by atoms with Crippen LogP contribution in [0.5, 0.6) is 5.75 Å². The molecule has 178 valence electrons. The third-order valence-electron chi connectivity index (χ3n) is 5.73. The van der Waals surface area contributed by atoms with Crippen LogP contribution in [-0.4, -0.2) is 50.3 Å². The zero-order valence-corrected chi connectivity index (χ0v) is 19.7. The summed E-state index contributed by atoms with van der Waals surface area (Å²) >= 11 is 0. The van der Waals surface area contributed by atoms with E-state index in [4.69, 9.17) is 18.9 Å². The van der Waals surface area contributed by atoms with Gasteiger partial charge in [0.25, 0.3) is 0 Å². The maximum Gasteiger partial charge on any atom is 0.411 e. The van der Waals surface area contributed by atoms with Crippen LogP contribution in [-0.2, 0) is 14.2 Å². The van der Waals surface area contributed by atoms with Gasteiger partial charge >= 0.3 is 6.09 Å². The Morgan fingerprint density at radius 2 is 2.03 bits per heavy atom. The first-order valence-corrected chi connectivity index (χ1v) is 11.4. The number of nitrogens with one attached hydrogen (secondary N) is 1. The molecule has 1 aliphatic heterocycles. The number of fused-ring (bicyclic) bond motifs is 1. The number of benzene rings is 2. The molecule has 1 aromatic heterocycles. The Labute approximate surface area is 199 Å². The van der Waals surface area contributed by atoms with E-state index in [1.807, 2.05) is 42.5 Å². The van der Waals surface area contributed by atoms with E-state index in [-0.39, 0.29) is 12.1 Å². The maximum absolute atomic E-state index is 12.2. The van der Waals surface area contributed by atoms with Crippen LogP contribution in [0.2, 0.25) is 0 Å². The zero-order chi connectivity index (χ0) is 24.1. The fourth-order valence-corrected chi connectivity index (χ4v) is 4.17. The van der Waals surface area contributed by atoms with Gasteiger partial charge < -0.3 is 23.5 Å². The standard InChI is InChI=1S/C26H29N3O5/c1-17(2)29-24-14-20(33-13-12-31-3)8-9-22(24)23(15-27)25(29)18-4-6-19(7-5-18)28-26(30)34-21-10-11-32-16-21/h4-9,14,17,21H,10-13,16H2,1-3H3,(H,28,30). The van der Waals surface area contributed by atoms with Crippen molar-refractivity contribution in [3.8, 4) is 23.1 Å². The lowest BCUT2D eigenvalue weighted by Crippen LogP contribution is -2.22. The van der Waals surface area contributed by atoms with Gasteiger partial charge in [-0.05, 0) is 43.7 Å². The summed E-state index contributed by atoms with van der Waals surface area (Å²) in [4.78, 5) is 12.2. The molecule has 1 fully saturated rings. The summed E-state index contributed by atoms with van der Waals surface area (Å²) in [6, 6.07) is 15.7. The minimum absolute atomic E-state index is 0.107. The molecule has 8 nitrogen and oxygen atoms in total. The van der Waals surface area contributed by atoms with Crippen LogP contribution in [0.25, 0.3) is 22.2 Å². The average Bonchev–Trinajstić information content (AvgIpc) is 3.44. The molecule has 0 radical (unpaired) electrons. The van der Waals surface area contributed by atoms with Gasteiger partial charge in [0.05, 0.1) is 36.6 Å². The van der Waals surface area contributed by atoms with Crippen molar-refractivity contribution in [1.82, 2.24) is 4.57 Å². The van der Waals surface area contributed by atoms with Crippen LogP contribution in [0.1, 0.15) is 31.9 Å². The maximum atomic E-state index is 12.2. The lowest BCUT2D eigenvalue weighted by atomic mass is 10.1. The first-order chi connectivity index (χ1) is 16.5. The van der Waals surface area contributed by atoms with Gasteiger partial charge in [0, 0.05) is 36.7 Å². The smallest absolute Gasteiger partial charge is 0.411 e. The first kappa shape index (κ1) is 23.6. The van der Waals surface area contributed by atoms with Gasteiger partial charge in [0.2, 0.25) is 0 Å². The van der Waals surface area contributed by atoms with Crippen molar-refractivity contribution in [1.29, 1.82) is 5.26 Å². The van der Waals surface area contributed by atoms with Gasteiger partial charge in [-0.25, -0.2) is 4.79 Å². The van der Waals surface area contributed by atoms with Gasteiger partial charge in [-0.3, -0.25) is 5.32 Å². The first-order valence-electron chi connectivity index (χ1n) is 11.4. The van der Waals surface area contributed by atoms with Gasteiger partial charge in [-0.2, -0.15) is 5.26 Å². The second-order valence-electron chi connectivity index (χ2n) is 8.41. The van der Waals surface area contributed by atoms with E-state index in [0.717, 1.165) is 27.9 Å². The second kappa shape index (κ2) is 10.6. The third kappa shape index (κ3) is 5.01. The van der Waals surface area contributed by atoms with Crippen molar-refractivity contribution in [3.05, 3.63) is 48.0 Å². The normalized spacial score (nSPS) is 15.4. The molecule has 1 unspecified atom stereocenters. The highest BCUT2D eigenvalue weighted by Gasteiger charge is 2.22. The molecule has 1 saturated heterocycles. The summed E-state index contributed by atoms with van der Waals surface area (Å²) in [7, 11) is 1.64. The average molecular weight is 464 g/mol. The molecule has 2 aromatic carbocycles. The highest BCUT2D eigenvalue weighted by Crippen LogP contribution is 2.38. The Morgan fingerprint density at radius 3 is 2.68 bits per heavy atom. The fourth-order valence-electron chi connectivity index (χ4n) is 4.17. The van der Waals surface area contributed by atoms with E-state index in [1.54, 1.807) is 7.11 Å². The summed E-state index contributed by atoms with van der Waals surface area (Å²) in [5.74, 6) is 0.728. The van der Waals surface area contributed by atoms with Crippen LogP contribution in [0.3, 0.4) is 0 Å². The summed E-state index contributed by atoms with van der Waals surface area (Å²) in [6.07, 6.45) is 0.00294. The number of aromatic nitrogens is 1. The summed E-state index contributed by atoms with van der Waals surface area (Å²) in [6.45, 7) is 6.16. The number of amides is 1. The molecule has 8 heteroatoms. The summed E-state index contributed by atoms with van der Waals surface area (Å²) in [5, 5.41) is 13.7. The summed E-state index contributed by atoms with van der Waals surface area (Å²) < 4.78 is 23.6. The molecule has 0 bridgehead atoms. The van der Waals surface area contributed by atoms with E-state index in [2.05, 4.69) is 29.8 Å². The quantitative estimate of drug-likeness (QED) is 0.466. The Kier molecular flexibility index (Phi) is 7.36. The number of hydrogen-bond acceptors (Lipinski definition) is 6. The Hall–Kier alpha value is -3.54. The predicted octanol–water partition coefficient (Wildman–Crippen LogP) is 5.12. The third-order valence-corrected chi connectivity index (χ3v) is 5.73. The van der Waals surface area contributed by atoms with Crippen LogP contribution >= 0.6 is 0 Å². The van der Waals surface area contributed by atoms with Crippen LogP contribution in [0, 0.1) is 11.3 Å².